The van der Waals surface area contributed by atoms with Crippen molar-refractivity contribution in [2.75, 3.05) is 19.6 Å². The SMILES string of the molecule is CC1CCN(C(=O)C2CCC(CN)CC2)C1. The van der Waals surface area contributed by atoms with Crippen LogP contribution < -0.4 is 5.73 Å². The number of nitrogens with two attached hydrogens (primary N) is 1. The lowest BCUT2D eigenvalue weighted by Crippen LogP contribution is -2.36. The Kier molecular flexibility index (Phi) is 3.85. The Labute approximate surface area is 98.4 Å². The van der Waals surface area contributed by atoms with Crippen LogP contribution in [-0.2, 0) is 4.79 Å². The van der Waals surface area contributed by atoms with Crippen LogP contribution in [0.25, 0.3) is 0 Å². The summed E-state index contributed by atoms with van der Waals surface area (Å²) in [5.41, 5.74) is 5.67. The van der Waals surface area contributed by atoms with Gasteiger partial charge in [0.05, 0.1) is 0 Å². The monoisotopic (exact) mass is 224 g/mol. The fourth-order valence-corrected chi connectivity index (χ4v) is 3.04. The van der Waals surface area contributed by atoms with Crippen LogP contribution in [0, 0.1) is 17.8 Å². The van der Waals surface area contributed by atoms with Crippen molar-refractivity contribution in [2.24, 2.45) is 23.5 Å². The molecule has 1 amide bonds. The Morgan fingerprint density at radius 1 is 1.25 bits per heavy atom. The number of likely N-dealkylation sites (tertiary alicyclic amines) is 1. The van der Waals surface area contributed by atoms with Gasteiger partial charge in [0.25, 0.3) is 0 Å². The van der Waals surface area contributed by atoms with Gasteiger partial charge in [-0.3, -0.25) is 4.79 Å². The molecule has 1 heterocycles. The second kappa shape index (κ2) is 5.17. The average molecular weight is 224 g/mol. The van der Waals surface area contributed by atoms with E-state index in [1.165, 1.54) is 6.42 Å². The molecule has 1 atom stereocenters. The van der Waals surface area contributed by atoms with Crippen molar-refractivity contribution in [1.82, 2.24) is 4.90 Å². The summed E-state index contributed by atoms with van der Waals surface area (Å²) < 4.78 is 0. The van der Waals surface area contributed by atoms with Crippen LogP contribution in [-0.4, -0.2) is 30.4 Å². The highest BCUT2D eigenvalue weighted by molar-refractivity contribution is 5.79. The molecular weight excluding hydrogens is 200 g/mol. The third-order valence-corrected chi connectivity index (χ3v) is 4.26. The van der Waals surface area contributed by atoms with Gasteiger partial charge in [0.2, 0.25) is 5.91 Å². The van der Waals surface area contributed by atoms with Crippen LogP contribution >= 0.6 is 0 Å². The molecule has 3 nitrogen and oxygen atoms in total. The molecule has 2 fully saturated rings. The molecule has 1 aliphatic heterocycles. The summed E-state index contributed by atoms with van der Waals surface area (Å²) in [6.07, 6.45) is 5.60. The fraction of sp³-hybridized carbons (Fsp3) is 0.923. The van der Waals surface area contributed by atoms with Crippen molar-refractivity contribution in [3.8, 4) is 0 Å². The van der Waals surface area contributed by atoms with Gasteiger partial charge in [-0.1, -0.05) is 6.92 Å². The van der Waals surface area contributed by atoms with Crippen LogP contribution in [0.1, 0.15) is 39.0 Å². The highest BCUT2D eigenvalue weighted by Crippen LogP contribution is 2.30. The average Bonchev–Trinajstić information content (AvgIpc) is 2.75. The minimum atomic E-state index is 0.299. The third kappa shape index (κ3) is 2.57. The molecule has 2 aliphatic rings. The zero-order valence-corrected chi connectivity index (χ0v) is 10.3. The molecule has 0 spiro atoms. The zero-order chi connectivity index (χ0) is 11.5. The van der Waals surface area contributed by atoms with Crippen LogP contribution in [0.15, 0.2) is 0 Å². The normalized spacial score (nSPS) is 35.4. The second-order valence-electron chi connectivity index (χ2n) is 5.63. The second-order valence-corrected chi connectivity index (χ2v) is 5.63. The van der Waals surface area contributed by atoms with E-state index in [-0.39, 0.29) is 0 Å². The number of hydrogen-bond donors (Lipinski definition) is 1. The van der Waals surface area contributed by atoms with E-state index in [1.807, 2.05) is 0 Å². The molecule has 2 N–H and O–H groups in total. The molecule has 92 valence electrons. The van der Waals surface area contributed by atoms with Crippen molar-refractivity contribution in [3.05, 3.63) is 0 Å². The standard InChI is InChI=1S/C13H24N2O/c1-10-6-7-15(9-10)13(16)12-4-2-11(8-14)3-5-12/h10-12H,2-9,14H2,1H3. The molecule has 0 aromatic carbocycles. The van der Waals surface area contributed by atoms with E-state index >= 15 is 0 Å². The van der Waals surface area contributed by atoms with Gasteiger partial charge in [-0.2, -0.15) is 0 Å². The summed E-state index contributed by atoms with van der Waals surface area (Å²) in [6.45, 7) is 4.99. The number of amides is 1. The molecule has 3 heteroatoms. The lowest BCUT2D eigenvalue weighted by Gasteiger charge is -2.29. The number of rotatable bonds is 2. The van der Waals surface area contributed by atoms with Crippen molar-refractivity contribution in [3.63, 3.8) is 0 Å². The van der Waals surface area contributed by atoms with Gasteiger partial charge < -0.3 is 10.6 Å². The minimum Gasteiger partial charge on any atom is -0.342 e. The van der Waals surface area contributed by atoms with Gasteiger partial charge in [-0.25, -0.2) is 0 Å². The van der Waals surface area contributed by atoms with E-state index in [0.717, 1.165) is 45.3 Å². The van der Waals surface area contributed by atoms with Gasteiger partial charge >= 0.3 is 0 Å². The molecule has 0 aromatic heterocycles. The van der Waals surface area contributed by atoms with Gasteiger partial charge in [-0.05, 0) is 50.5 Å². The molecule has 1 aliphatic carbocycles. The Bertz CT molecular complexity index is 246. The summed E-state index contributed by atoms with van der Waals surface area (Å²) in [5, 5.41) is 0. The highest BCUT2D eigenvalue weighted by Gasteiger charge is 2.31. The maximum atomic E-state index is 12.2. The fourth-order valence-electron chi connectivity index (χ4n) is 3.04. The molecule has 1 saturated carbocycles. The summed E-state index contributed by atoms with van der Waals surface area (Å²) >= 11 is 0. The highest BCUT2D eigenvalue weighted by atomic mass is 16.2. The van der Waals surface area contributed by atoms with E-state index in [4.69, 9.17) is 5.73 Å². The maximum Gasteiger partial charge on any atom is 0.225 e. The largest absolute Gasteiger partial charge is 0.342 e. The van der Waals surface area contributed by atoms with Crippen LogP contribution in [0.2, 0.25) is 0 Å². The van der Waals surface area contributed by atoms with Crippen molar-refractivity contribution < 1.29 is 4.79 Å². The molecule has 0 radical (unpaired) electrons. The summed E-state index contributed by atoms with van der Waals surface area (Å²) in [6, 6.07) is 0. The lowest BCUT2D eigenvalue weighted by atomic mass is 9.81. The lowest BCUT2D eigenvalue weighted by molar-refractivity contribution is -0.135. The first kappa shape index (κ1) is 11.9. The molecule has 0 bridgehead atoms. The van der Waals surface area contributed by atoms with Gasteiger partial charge in [0.15, 0.2) is 0 Å². The van der Waals surface area contributed by atoms with E-state index < -0.39 is 0 Å². The Morgan fingerprint density at radius 2 is 1.94 bits per heavy atom. The molecule has 1 unspecified atom stereocenters. The quantitative estimate of drug-likeness (QED) is 0.774. The van der Waals surface area contributed by atoms with E-state index in [0.29, 0.717) is 23.7 Å². The Balaban J connectivity index is 1.82. The molecule has 2 rings (SSSR count). The number of nitrogens with zero attached hydrogens (tertiary/aromatic N) is 1. The first-order chi connectivity index (χ1) is 7.70. The number of carbonyl (C=O) groups excluding carboxylic acids is 1. The van der Waals surface area contributed by atoms with Crippen LogP contribution in [0.5, 0.6) is 0 Å². The molecule has 16 heavy (non-hydrogen) atoms. The first-order valence-corrected chi connectivity index (χ1v) is 6.69. The summed E-state index contributed by atoms with van der Waals surface area (Å²) in [7, 11) is 0. The van der Waals surface area contributed by atoms with Crippen molar-refractivity contribution in [1.29, 1.82) is 0 Å². The molecule has 1 saturated heterocycles. The van der Waals surface area contributed by atoms with Crippen molar-refractivity contribution >= 4 is 5.91 Å². The Morgan fingerprint density at radius 3 is 2.44 bits per heavy atom. The topological polar surface area (TPSA) is 46.3 Å². The van der Waals surface area contributed by atoms with E-state index in [9.17, 15) is 4.79 Å². The predicted molar refractivity (Wildman–Crippen MR) is 64.9 cm³/mol. The molecule has 0 aromatic rings. The number of carbonyl (C=O) groups is 1. The summed E-state index contributed by atoms with van der Waals surface area (Å²) in [4.78, 5) is 14.3. The van der Waals surface area contributed by atoms with Gasteiger partial charge in [0, 0.05) is 19.0 Å². The maximum absolute atomic E-state index is 12.2. The zero-order valence-electron chi connectivity index (χ0n) is 10.3. The summed E-state index contributed by atoms with van der Waals surface area (Å²) in [5.74, 6) is 2.08. The first-order valence-electron chi connectivity index (χ1n) is 6.69. The van der Waals surface area contributed by atoms with E-state index in [2.05, 4.69) is 11.8 Å². The predicted octanol–water partition coefficient (Wildman–Crippen LogP) is 1.62. The number of hydrogen-bond acceptors (Lipinski definition) is 2. The molecular formula is C13H24N2O. The smallest absolute Gasteiger partial charge is 0.225 e. The Hall–Kier alpha value is -0.570. The van der Waals surface area contributed by atoms with Crippen molar-refractivity contribution in [2.45, 2.75) is 39.0 Å². The minimum absolute atomic E-state index is 0.299. The third-order valence-electron chi connectivity index (χ3n) is 4.26. The van der Waals surface area contributed by atoms with E-state index in [1.54, 1.807) is 0 Å². The van der Waals surface area contributed by atoms with Crippen LogP contribution in [0.3, 0.4) is 0 Å². The van der Waals surface area contributed by atoms with Gasteiger partial charge in [0.1, 0.15) is 0 Å². The van der Waals surface area contributed by atoms with Crippen LogP contribution in [0.4, 0.5) is 0 Å². The van der Waals surface area contributed by atoms with Gasteiger partial charge in [-0.15, -0.1) is 0 Å².